The van der Waals surface area contributed by atoms with Gasteiger partial charge in [0.2, 0.25) is 0 Å². The molecule has 1 fully saturated rings. The lowest BCUT2D eigenvalue weighted by Crippen LogP contribution is -2.29. The maximum Gasteiger partial charge on any atom is 0.300 e. The number of Topliss-reactive ketones (excluding diaryl/α,β-unsaturated/α-hetero) is 1. The van der Waals surface area contributed by atoms with Gasteiger partial charge >= 0.3 is 0 Å². The number of phenols is 1. The zero-order valence-electron chi connectivity index (χ0n) is 18.4. The lowest BCUT2D eigenvalue weighted by Gasteiger charge is -2.25. The van der Waals surface area contributed by atoms with Crippen molar-refractivity contribution >= 4 is 34.5 Å². The predicted molar refractivity (Wildman–Crippen MR) is 127 cm³/mol. The number of hydrogen-bond donors (Lipinski definition) is 2. The van der Waals surface area contributed by atoms with Crippen LogP contribution in [0.15, 0.2) is 65.6 Å². The highest BCUT2D eigenvalue weighted by atomic mass is 32.1. The van der Waals surface area contributed by atoms with Crippen LogP contribution in [0.1, 0.15) is 48.4 Å². The maximum absolute atomic E-state index is 13.2. The highest BCUT2D eigenvalue weighted by Crippen LogP contribution is 2.46. The maximum atomic E-state index is 13.2. The Hall–Kier alpha value is -3.38. The van der Waals surface area contributed by atoms with E-state index in [1.54, 1.807) is 18.2 Å². The van der Waals surface area contributed by atoms with Gasteiger partial charge in [-0.25, -0.2) is 0 Å². The third-order valence-corrected chi connectivity index (χ3v) is 6.68. The molecular formula is C26H25NO4S. The molecule has 2 aromatic carbocycles. The summed E-state index contributed by atoms with van der Waals surface area (Å²) in [5.74, 6) is -1.87. The van der Waals surface area contributed by atoms with Gasteiger partial charge in [0.1, 0.15) is 17.6 Å². The van der Waals surface area contributed by atoms with Crippen LogP contribution >= 0.6 is 11.3 Å². The molecule has 0 radical (unpaired) electrons. The van der Waals surface area contributed by atoms with Gasteiger partial charge in [0.25, 0.3) is 11.7 Å². The smallest absolute Gasteiger partial charge is 0.300 e. The Balaban J connectivity index is 1.97. The molecule has 0 aliphatic carbocycles. The molecule has 2 N–H and O–H groups in total. The zero-order valence-corrected chi connectivity index (χ0v) is 19.2. The molecule has 32 heavy (non-hydrogen) atoms. The first-order valence-corrected chi connectivity index (χ1v) is 11.2. The van der Waals surface area contributed by atoms with Gasteiger partial charge in [0.05, 0.1) is 11.3 Å². The van der Waals surface area contributed by atoms with E-state index in [0.717, 1.165) is 16.0 Å². The van der Waals surface area contributed by atoms with Crippen molar-refractivity contribution in [3.63, 3.8) is 0 Å². The van der Waals surface area contributed by atoms with Crippen LogP contribution in [-0.2, 0) is 15.0 Å². The van der Waals surface area contributed by atoms with Crippen LogP contribution < -0.4 is 4.90 Å². The van der Waals surface area contributed by atoms with E-state index in [2.05, 4.69) is 20.8 Å². The Morgan fingerprint density at radius 3 is 2.38 bits per heavy atom. The van der Waals surface area contributed by atoms with Crippen molar-refractivity contribution in [2.75, 3.05) is 4.90 Å². The van der Waals surface area contributed by atoms with E-state index in [9.17, 15) is 19.8 Å². The number of carbonyl (C=O) groups excluding carboxylic acids is 2. The number of amides is 1. The van der Waals surface area contributed by atoms with Crippen LogP contribution in [0.4, 0.5) is 5.69 Å². The second-order valence-electron chi connectivity index (χ2n) is 8.95. The normalized spacial score (nSPS) is 18.4. The van der Waals surface area contributed by atoms with Gasteiger partial charge in [-0.1, -0.05) is 51.1 Å². The van der Waals surface area contributed by atoms with Crippen LogP contribution in [-0.4, -0.2) is 21.9 Å². The van der Waals surface area contributed by atoms with E-state index in [4.69, 9.17) is 0 Å². The summed E-state index contributed by atoms with van der Waals surface area (Å²) in [6, 6.07) is 15.0. The number of carbonyl (C=O) groups is 2. The number of rotatable bonds is 3. The Morgan fingerprint density at radius 2 is 1.75 bits per heavy atom. The van der Waals surface area contributed by atoms with Crippen molar-refractivity contribution in [2.45, 2.75) is 39.2 Å². The summed E-state index contributed by atoms with van der Waals surface area (Å²) in [4.78, 5) is 28.4. The van der Waals surface area contributed by atoms with Gasteiger partial charge in [-0.05, 0) is 53.1 Å². The second-order valence-corrected chi connectivity index (χ2v) is 9.93. The molecule has 1 atom stereocenters. The number of anilines is 1. The summed E-state index contributed by atoms with van der Waals surface area (Å²) in [6.45, 7) is 8.08. The fourth-order valence-electron chi connectivity index (χ4n) is 3.95. The van der Waals surface area contributed by atoms with E-state index in [0.29, 0.717) is 5.56 Å². The summed E-state index contributed by atoms with van der Waals surface area (Å²) < 4.78 is 0. The van der Waals surface area contributed by atoms with Gasteiger partial charge in [0.15, 0.2) is 0 Å². The minimum atomic E-state index is -0.832. The minimum absolute atomic E-state index is 0.0230. The molecule has 0 spiro atoms. The number of aliphatic hydroxyl groups excluding tert-OH is 1. The molecule has 2 heterocycles. The third kappa shape index (κ3) is 3.60. The van der Waals surface area contributed by atoms with E-state index in [1.165, 1.54) is 22.3 Å². The molecule has 6 heteroatoms. The zero-order chi connectivity index (χ0) is 23.2. The molecule has 1 saturated heterocycles. The predicted octanol–water partition coefficient (Wildman–Crippen LogP) is 5.69. The fourth-order valence-corrected chi connectivity index (χ4v) is 4.78. The minimum Gasteiger partial charge on any atom is -0.507 e. The van der Waals surface area contributed by atoms with Crippen LogP contribution in [0.2, 0.25) is 0 Å². The van der Waals surface area contributed by atoms with Crippen LogP contribution in [0, 0.1) is 6.92 Å². The lowest BCUT2D eigenvalue weighted by molar-refractivity contribution is -0.132. The summed E-state index contributed by atoms with van der Waals surface area (Å²) in [6.07, 6.45) is 0. The Morgan fingerprint density at radius 1 is 1.03 bits per heavy atom. The highest BCUT2D eigenvalue weighted by molar-refractivity contribution is 7.10. The first-order valence-electron chi connectivity index (χ1n) is 10.3. The lowest BCUT2D eigenvalue weighted by atomic mass is 9.84. The average Bonchev–Trinajstić information content (AvgIpc) is 3.35. The van der Waals surface area contributed by atoms with Gasteiger partial charge in [0, 0.05) is 10.4 Å². The van der Waals surface area contributed by atoms with Crippen LogP contribution in [0.25, 0.3) is 5.76 Å². The van der Waals surface area contributed by atoms with Gasteiger partial charge in [-0.2, -0.15) is 0 Å². The summed E-state index contributed by atoms with van der Waals surface area (Å²) in [5.41, 5.74) is 2.43. The summed E-state index contributed by atoms with van der Waals surface area (Å²) in [7, 11) is 0. The molecule has 1 aromatic heterocycles. The molecule has 0 bridgehead atoms. The summed E-state index contributed by atoms with van der Waals surface area (Å²) in [5, 5.41) is 23.7. The Bertz CT molecular complexity index is 1230. The molecule has 164 valence electrons. The van der Waals surface area contributed by atoms with Crippen molar-refractivity contribution < 1.29 is 19.8 Å². The molecule has 0 saturated carbocycles. The molecule has 3 aromatic rings. The fraction of sp³-hybridized carbons (Fsp3) is 0.231. The number of ketones is 1. The molecule has 4 rings (SSSR count). The van der Waals surface area contributed by atoms with E-state index in [1.807, 2.05) is 42.6 Å². The number of benzene rings is 2. The van der Waals surface area contributed by atoms with E-state index >= 15 is 0 Å². The third-order valence-electron chi connectivity index (χ3n) is 5.76. The topological polar surface area (TPSA) is 77.8 Å². The first-order chi connectivity index (χ1) is 15.1. The molecule has 5 nitrogen and oxygen atoms in total. The van der Waals surface area contributed by atoms with Crippen molar-refractivity contribution in [1.82, 2.24) is 0 Å². The van der Waals surface area contributed by atoms with E-state index < -0.39 is 17.7 Å². The molecular weight excluding hydrogens is 422 g/mol. The summed E-state index contributed by atoms with van der Waals surface area (Å²) >= 11 is 1.38. The standard InChI is InChI=1S/C26H25NO4S/c1-15-11-12-16(26(2,3)4)14-17(15)23(29)21-22(20-10-7-13-32-20)27(25(31)24(21)30)18-8-5-6-9-19(18)28/h5-14,22,28-29H,1-4H3/b23-21+. The quantitative estimate of drug-likeness (QED) is 0.307. The second kappa shape index (κ2) is 7.95. The molecule has 1 amide bonds. The first kappa shape index (κ1) is 21.8. The van der Waals surface area contributed by atoms with Crippen molar-refractivity contribution in [2.24, 2.45) is 0 Å². The van der Waals surface area contributed by atoms with Gasteiger partial charge in [-0.15, -0.1) is 11.3 Å². The number of hydrogen-bond acceptors (Lipinski definition) is 5. The molecule has 1 aliphatic rings. The molecule has 1 aliphatic heterocycles. The average molecular weight is 448 g/mol. The number of aliphatic hydroxyl groups is 1. The number of aryl methyl sites for hydroxylation is 1. The van der Waals surface area contributed by atoms with Crippen LogP contribution in [0.5, 0.6) is 5.75 Å². The SMILES string of the molecule is Cc1ccc(C(C)(C)C)cc1/C(O)=C1\C(=O)C(=O)N(c2ccccc2O)C1c1cccs1. The number of thiophene rings is 1. The van der Waals surface area contributed by atoms with Crippen molar-refractivity contribution in [1.29, 1.82) is 0 Å². The number of phenolic OH excluding ortho intramolecular Hbond substituents is 1. The largest absolute Gasteiger partial charge is 0.507 e. The van der Waals surface area contributed by atoms with Gasteiger partial charge < -0.3 is 10.2 Å². The highest BCUT2D eigenvalue weighted by Gasteiger charge is 2.48. The molecule has 1 unspecified atom stereocenters. The van der Waals surface area contributed by atoms with E-state index in [-0.39, 0.29) is 28.2 Å². The Kier molecular flexibility index (Phi) is 5.42. The Labute approximate surface area is 191 Å². The van der Waals surface area contributed by atoms with Crippen LogP contribution in [0.3, 0.4) is 0 Å². The number of aromatic hydroxyl groups is 1. The number of nitrogens with zero attached hydrogens (tertiary/aromatic N) is 1. The van der Waals surface area contributed by atoms with Crippen molar-refractivity contribution in [3.05, 3.63) is 87.1 Å². The van der Waals surface area contributed by atoms with Gasteiger partial charge in [-0.3, -0.25) is 14.5 Å². The van der Waals surface area contributed by atoms with Crippen molar-refractivity contribution in [3.8, 4) is 5.75 Å². The monoisotopic (exact) mass is 447 g/mol. The number of para-hydroxylation sites is 2.